The van der Waals surface area contributed by atoms with Crippen molar-refractivity contribution >= 4 is 17.5 Å². The molecule has 0 fully saturated rings. The zero-order valence-electron chi connectivity index (χ0n) is 8.94. The van der Waals surface area contributed by atoms with Crippen LogP contribution in [0.25, 0.3) is 0 Å². The van der Waals surface area contributed by atoms with E-state index in [1.807, 2.05) is 0 Å². The minimum absolute atomic E-state index is 0.0230. The van der Waals surface area contributed by atoms with Gasteiger partial charge in [0.25, 0.3) is 0 Å². The zero-order valence-corrected chi connectivity index (χ0v) is 9.69. The van der Waals surface area contributed by atoms with Crippen LogP contribution in [-0.2, 0) is 17.3 Å². The van der Waals surface area contributed by atoms with Crippen LogP contribution in [0.3, 0.4) is 0 Å². The molecular formula is C10H10ClF3N2O. The highest BCUT2D eigenvalue weighted by Gasteiger charge is 2.31. The summed E-state index contributed by atoms with van der Waals surface area (Å²) < 4.78 is 41.8. The van der Waals surface area contributed by atoms with E-state index >= 15 is 0 Å². The number of pyridine rings is 1. The molecule has 17 heavy (non-hydrogen) atoms. The van der Waals surface area contributed by atoms with Gasteiger partial charge in [0.15, 0.2) is 5.90 Å². The van der Waals surface area contributed by atoms with Crippen LogP contribution in [-0.4, -0.2) is 17.5 Å². The van der Waals surface area contributed by atoms with Gasteiger partial charge >= 0.3 is 6.18 Å². The summed E-state index contributed by atoms with van der Waals surface area (Å²) in [5.74, 6) is -0.0818. The van der Waals surface area contributed by atoms with E-state index < -0.39 is 11.7 Å². The fourth-order valence-corrected chi connectivity index (χ4v) is 1.36. The van der Waals surface area contributed by atoms with Crippen LogP contribution < -0.4 is 0 Å². The average Bonchev–Trinajstić information content (AvgIpc) is 2.20. The first-order valence-electron chi connectivity index (χ1n) is 4.76. The summed E-state index contributed by atoms with van der Waals surface area (Å²) in [6.45, 7) is 2.02. The first kappa shape index (κ1) is 13.8. The van der Waals surface area contributed by atoms with E-state index in [4.69, 9.17) is 21.7 Å². The van der Waals surface area contributed by atoms with Crippen LogP contribution >= 0.6 is 11.6 Å². The predicted octanol–water partition coefficient (Wildman–Crippen LogP) is 3.31. The van der Waals surface area contributed by atoms with Crippen molar-refractivity contribution < 1.29 is 17.9 Å². The fraction of sp³-hybridized carbons (Fsp3) is 0.400. The molecule has 94 valence electrons. The van der Waals surface area contributed by atoms with Crippen LogP contribution in [0.15, 0.2) is 12.3 Å². The summed E-state index contributed by atoms with van der Waals surface area (Å²) in [4.78, 5) is 3.59. The quantitative estimate of drug-likeness (QED) is 0.674. The summed E-state index contributed by atoms with van der Waals surface area (Å²) in [5.41, 5.74) is -0.715. The lowest BCUT2D eigenvalue weighted by molar-refractivity contribution is -0.137. The standard InChI is InChI=1S/C10H10ClF3N2O/c1-2-17-9(15)4-8-7(11)3-6(5-16-8)10(12,13)14/h3,5,15H,2,4H2,1H3. The lowest BCUT2D eigenvalue weighted by Gasteiger charge is -2.09. The van der Waals surface area contributed by atoms with Gasteiger partial charge in [0.1, 0.15) is 0 Å². The Morgan fingerprint density at radius 1 is 1.53 bits per heavy atom. The summed E-state index contributed by atoms with van der Waals surface area (Å²) >= 11 is 5.66. The van der Waals surface area contributed by atoms with Gasteiger partial charge in [-0.3, -0.25) is 10.4 Å². The Labute approximate surface area is 101 Å². The molecule has 1 heterocycles. The Hall–Kier alpha value is -1.30. The van der Waals surface area contributed by atoms with Gasteiger partial charge in [-0.25, -0.2) is 0 Å². The Morgan fingerprint density at radius 3 is 2.65 bits per heavy atom. The van der Waals surface area contributed by atoms with Crippen molar-refractivity contribution in [2.45, 2.75) is 19.5 Å². The SMILES string of the molecule is CCOC(=N)Cc1ncc(C(F)(F)F)cc1Cl. The molecule has 0 radical (unpaired) electrons. The Morgan fingerprint density at radius 2 is 2.18 bits per heavy atom. The van der Waals surface area contributed by atoms with E-state index in [9.17, 15) is 13.2 Å². The maximum atomic E-state index is 12.3. The molecule has 0 aliphatic carbocycles. The van der Waals surface area contributed by atoms with Crippen molar-refractivity contribution in [3.8, 4) is 0 Å². The molecule has 0 spiro atoms. The molecule has 0 saturated heterocycles. The van der Waals surface area contributed by atoms with E-state index in [1.165, 1.54) is 0 Å². The lowest BCUT2D eigenvalue weighted by atomic mass is 10.2. The minimum Gasteiger partial charge on any atom is -0.481 e. The molecule has 0 saturated carbocycles. The van der Waals surface area contributed by atoms with Gasteiger partial charge in [-0.1, -0.05) is 11.6 Å². The maximum absolute atomic E-state index is 12.3. The van der Waals surface area contributed by atoms with E-state index in [0.29, 0.717) is 12.8 Å². The normalized spacial score (nSPS) is 11.4. The number of hydrogen-bond acceptors (Lipinski definition) is 3. The number of halogens is 4. The van der Waals surface area contributed by atoms with Crippen LogP contribution in [0.2, 0.25) is 5.02 Å². The number of hydrogen-bond donors (Lipinski definition) is 1. The second kappa shape index (κ2) is 5.35. The fourth-order valence-electron chi connectivity index (χ4n) is 1.13. The van der Waals surface area contributed by atoms with Crippen molar-refractivity contribution in [2.24, 2.45) is 0 Å². The number of aromatic nitrogens is 1. The van der Waals surface area contributed by atoms with Gasteiger partial charge in [-0.15, -0.1) is 0 Å². The van der Waals surface area contributed by atoms with Crippen molar-refractivity contribution in [1.82, 2.24) is 4.98 Å². The van der Waals surface area contributed by atoms with Crippen molar-refractivity contribution in [1.29, 1.82) is 5.41 Å². The Balaban J connectivity index is 2.87. The number of nitrogens with one attached hydrogen (secondary N) is 1. The zero-order chi connectivity index (χ0) is 13.1. The molecule has 1 N–H and O–H groups in total. The third-order valence-electron chi connectivity index (χ3n) is 1.89. The number of alkyl halides is 3. The average molecular weight is 267 g/mol. The topological polar surface area (TPSA) is 46.0 Å². The molecule has 1 rings (SSSR count). The molecule has 1 aromatic rings. The smallest absolute Gasteiger partial charge is 0.417 e. The molecule has 0 aromatic carbocycles. The van der Waals surface area contributed by atoms with E-state index in [-0.39, 0.29) is 23.0 Å². The van der Waals surface area contributed by atoms with Crippen LogP contribution in [0.1, 0.15) is 18.2 Å². The maximum Gasteiger partial charge on any atom is 0.417 e. The molecule has 3 nitrogen and oxygen atoms in total. The van der Waals surface area contributed by atoms with Crippen molar-refractivity contribution in [3.05, 3.63) is 28.5 Å². The van der Waals surface area contributed by atoms with Crippen LogP contribution in [0.5, 0.6) is 0 Å². The summed E-state index contributed by atoms with van der Waals surface area (Å²) in [6, 6.07) is 0.795. The van der Waals surface area contributed by atoms with Gasteiger partial charge in [0.2, 0.25) is 0 Å². The van der Waals surface area contributed by atoms with Crippen molar-refractivity contribution in [2.75, 3.05) is 6.61 Å². The number of nitrogens with zero attached hydrogens (tertiary/aromatic N) is 1. The summed E-state index contributed by atoms with van der Waals surface area (Å²) in [5, 5.41) is 7.24. The highest BCUT2D eigenvalue weighted by atomic mass is 35.5. The monoisotopic (exact) mass is 266 g/mol. The van der Waals surface area contributed by atoms with Gasteiger partial charge in [0, 0.05) is 6.20 Å². The molecule has 1 aromatic heterocycles. The van der Waals surface area contributed by atoms with Crippen LogP contribution in [0.4, 0.5) is 13.2 Å². The highest BCUT2D eigenvalue weighted by Crippen LogP contribution is 2.31. The van der Waals surface area contributed by atoms with Gasteiger partial charge < -0.3 is 4.74 Å². The molecule has 0 amide bonds. The second-order valence-electron chi connectivity index (χ2n) is 3.18. The Kier molecular flexibility index (Phi) is 4.34. The largest absolute Gasteiger partial charge is 0.481 e. The molecule has 0 atom stereocenters. The second-order valence-corrected chi connectivity index (χ2v) is 3.59. The molecule has 0 bridgehead atoms. The van der Waals surface area contributed by atoms with Gasteiger partial charge in [-0.05, 0) is 13.0 Å². The number of rotatable bonds is 3. The summed E-state index contributed by atoms with van der Waals surface area (Å²) in [6.07, 6.45) is -3.80. The molecule has 7 heteroatoms. The third-order valence-corrected chi connectivity index (χ3v) is 2.22. The van der Waals surface area contributed by atoms with Crippen molar-refractivity contribution in [3.63, 3.8) is 0 Å². The third kappa shape index (κ3) is 3.89. The predicted molar refractivity (Wildman–Crippen MR) is 57.3 cm³/mol. The first-order chi connectivity index (χ1) is 7.84. The van der Waals surface area contributed by atoms with E-state index in [0.717, 1.165) is 6.07 Å². The molecule has 0 aliphatic rings. The number of ether oxygens (including phenoxy) is 1. The first-order valence-corrected chi connectivity index (χ1v) is 5.14. The van der Waals surface area contributed by atoms with Gasteiger partial charge in [0.05, 0.1) is 29.3 Å². The lowest BCUT2D eigenvalue weighted by Crippen LogP contribution is -2.10. The molecular weight excluding hydrogens is 257 g/mol. The van der Waals surface area contributed by atoms with E-state index in [2.05, 4.69) is 4.98 Å². The molecule has 0 aliphatic heterocycles. The van der Waals surface area contributed by atoms with Gasteiger partial charge in [-0.2, -0.15) is 13.2 Å². The van der Waals surface area contributed by atoms with E-state index in [1.54, 1.807) is 6.92 Å². The minimum atomic E-state index is -4.47. The summed E-state index contributed by atoms with van der Waals surface area (Å²) in [7, 11) is 0. The highest BCUT2D eigenvalue weighted by molar-refractivity contribution is 6.31. The van der Waals surface area contributed by atoms with Crippen LogP contribution in [0, 0.1) is 5.41 Å². The Bertz CT molecular complexity index is 421. The molecule has 0 unspecified atom stereocenters.